The number of nitrogens with zero attached hydrogens (tertiary/aromatic N) is 2. The van der Waals surface area contributed by atoms with Gasteiger partial charge in [0.1, 0.15) is 6.04 Å². The molecule has 0 aliphatic carbocycles. The van der Waals surface area contributed by atoms with Crippen LogP contribution in [0.2, 0.25) is 5.02 Å². The zero-order valence-electron chi connectivity index (χ0n) is 19.3. The number of ether oxygens (including phenoxy) is 1. The first-order chi connectivity index (χ1) is 16.4. The Balaban J connectivity index is 1.73. The normalized spacial score (nSPS) is 16.1. The molecule has 3 rings (SSSR count). The summed E-state index contributed by atoms with van der Waals surface area (Å²) in [4.78, 5) is 15.1. The molecule has 0 radical (unpaired) electrons. The summed E-state index contributed by atoms with van der Waals surface area (Å²) in [7, 11) is -4.10. The second-order valence-corrected chi connectivity index (χ2v) is 10.6. The molecule has 1 heterocycles. The number of hydrogen-bond donors (Lipinski definition) is 1. The van der Waals surface area contributed by atoms with Crippen LogP contribution in [0.1, 0.15) is 23.6 Å². The maximum Gasteiger partial charge on any atom is 0.417 e. The van der Waals surface area contributed by atoms with E-state index in [0.29, 0.717) is 23.6 Å². The molecule has 0 aromatic heterocycles. The van der Waals surface area contributed by atoms with E-state index in [1.807, 2.05) is 24.3 Å². The van der Waals surface area contributed by atoms with Crippen LogP contribution in [-0.2, 0) is 38.8 Å². The van der Waals surface area contributed by atoms with Gasteiger partial charge < -0.3 is 10.1 Å². The number of alkyl halides is 3. The minimum absolute atomic E-state index is 0.131. The molecule has 1 N–H and O–H groups in total. The highest BCUT2D eigenvalue weighted by Gasteiger charge is 2.36. The number of carbonyl (C=O) groups excluding carboxylic acids is 1. The molecule has 0 unspecified atom stereocenters. The zero-order chi connectivity index (χ0) is 25.8. The van der Waals surface area contributed by atoms with Crippen LogP contribution in [-0.4, -0.2) is 57.8 Å². The molecule has 35 heavy (non-hydrogen) atoms. The van der Waals surface area contributed by atoms with Crippen molar-refractivity contribution in [1.82, 2.24) is 10.2 Å². The third kappa shape index (κ3) is 7.33. The van der Waals surface area contributed by atoms with Crippen molar-refractivity contribution in [3.05, 3.63) is 64.2 Å². The summed E-state index contributed by atoms with van der Waals surface area (Å²) in [5.74, 6) is -0.655. The highest BCUT2D eigenvalue weighted by Crippen LogP contribution is 2.37. The second kappa shape index (κ2) is 11.2. The van der Waals surface area contributed by atoms with Crippen LogP contribution >= 0.6 is 11.6 Å². The van der Waals surface area contributed by atoms with Gasteiger partial charge in [-0.05, 0) is 36.2 Å². The Labute approximate surface area is 207 Å². The topological polar surface area (TPSA) is 79.0 Å². The minimum atomic E-state index is -4.78. The van der Waals surface area contributed by atoms with Gasteiger partial charge in [0.25, 0.3) is 0 Å². The maximum absolute atomic E-state index is 13.3. The fraction of sp³-hybridized carbons (Fsp3) is 0.435. The van der Waals surface area contributed by atoms with Crippen molar-refractivity contribution in [3.8, 4) is 0 Å². The Morgan fingerprint density at radius 1 is 1.17 bits per heavy atom. The van der Waals surface area contributed by atoms with Crippen molar-refractivity contribution in [1.29, 1.82) is 0 Å². The van der Waals surface area contributed by atoms with Crippen LogP contribution in [0.4, 0.5) is 18.9 Å². The van der Waals surface area contributed by atoms with E-state index in [4.69, 9.17) is 16.3 Å². The first-order valence-electron chi connectivity index (χ1n) is 10.9. The van der Waals surface area contributed by atoms with Gasteiger partial charge in [-0.25, -0.2) is 8.42 Å². The van der Waals surface area contributed by atoms with E-state index >= 15 is 0 Å². The highest BCUT2D eigenvalue weighted by molar-refractivity contribution is 7.92. The van der Waals surface area contributed by atoms with E-state index in [1.165, 1.54) is 6.92 Å². The van der Waals surface area contributed by atoms with E-state index in [1.54, 1.807) is 0 Å². The number of carbonyl (C=O) groups is 1. The molecule has 1 aliphatic heterocycles. The molecule has 1 fully saturated rings. The van der Waals surface area contributed by atoms with Crippen molar-refractivity contribution in [3.63, 3.8) is 0 Å². The van der Waals surface area contributed by atoms with Crippen molar-refractivity contribution < 1.29 is 31.1 Å². The average Bonchev–Trinajstić information content (AvgIpc) is 2.78. The molecule has 1 amide bonds. The molecule has 2 aromatic carbocycles. The van der Waals surface area contributed by atoms with Gasteiger partial charge in [0, 0.05) is 26.2 Å². The highest BCUT2D eigenvalue weighted by atomic mass is 35.5. The largest absolute Gasteiger partial charge is 0.417 e. The molecular weight excluding hydrogens is 507 g/mol. The molecule has 1 aliphatic rings. The van der Waals surface area contributed by atoms with Crippen molar-refractivity contribution in [2.45, 2.75) is 32.2 Å². The predicted octanol–water partition coefficient (Wildman–Crippen LogP) is 3.66. The lowest BCUT2D eigenvalue weighted by atomic mass is 10.1. The van der Waals surface area contributed by atoms with Gasteiger partial charge in [-0.2, -0.15) is 13.2 Å². The SMILES string of the molecule is C[C@@H](C(=O)NCc1cccc(CN2CCOCC2)c1)N(c1ccc(Cl)c(C(F)(F)F)c1)S(C)(=O)=O. The number of halogens is 4. The first-order valence-corrected chi connectivity index (χ1v) is 13.1. The Bertz CT molecular complexity index is 1150. The van der Waals surface area contributed by atoms with E-state index in [-0.39, 0.29) is 12.2 Å². The molecule has 1 saturated heterocycles. The smallest absolute Gasteiger partial charge is 0.379 e. The summed E-state index contributed by atoms with van der Waals surface area (Å²) >= 11 is 5.66. The van der Waals surface area contributed by atoms with Gasteiger partial charge in [0.15, 0.2) is 0 Å². The third-order valence-corrected chi connectivity index (χ3v) is 7.14. The standard InChI is InChI=1S/C23H27ClF3N3O4S/c1-16(30(35(2,32)33)19-6-7-21(24)20(13-19)23(25,26)27)22(31)28-14-17-4-3-5-18(12-17)15-29-8-10-34-11-9-29/h3-7,12-13,16H,8-11,14-15H2,1-2H3,(H,28,31)/t16-/m0/s1. The molecule has 0 spiro atoms. The van der Waals surface area contributed by atoms with Gasteiger partial charge in [-0.1, -0.05) is 35.9 Å². The van der Waals surface area contributed by atoms with Crippen LogP contribution in [0.3, 0.4) is 0 Å². The fourth-order valence-corrected chi connectivity index (χ4v) is 5.26. The second-order valence-electron chi connectivity index (χ2n) is 8.32. The molecule has 192 valence electrons. The Morgan fingerprint density at radius 2 is 1.83 bits per heavy atom. The number of amides is 1. The van der Waals surface area contributed by atoms with Crippen molar-refractivity contribution in [2.75, 3.05) is 36.9 Å². The fourth-order valence-electron chi connectivity index (χ4n) is 3.87. The van der Waals surface area contributed by atoms with Gasteiger partial charge in [-0.15, -0.1) is 0 Å². The number of morpholine rings is 1. The molecule has 1 atom stereocenters. The van der Waals surface area contributed by atoms with Crippen LogP contribution in [0, 0.1) is 0 Å². The molecule has 2 aromatic rings. The molecule has 12 heteroatoms. The molecule has 0 bridgehead atoms. The lowest BCUT2D eigenvalue weighted by Crippen LogP contribution is -2.47. The number of hydrogen-bond acceptors (Lipinski definition) is 5. The summed E-state index contributed by atoms with van der Waals surface area (Å²) in [6.45, 7) is 5.22. The summed E-state index contributed by atoms with van der Waals surface area (Å²) in [5, 5.41) is 2.12. The van der Waals surface area contributed by atoms with Crippen LogP contribution in [0.15, 0.2) is 42.5 Å². The zero-order valence-corrected chi connectivity index (χ0v) is 20.9. The van der Waals surface area contributed by atoms with Crippen LogP contribution in [0.25, 0.3) is 0 Å². The van der Waals surface area contributed by atoms with Crippen molar-refractivity contribution >= 4 is 33.2 Å². The number of rotatable bonds is 8. The minimum Gasteiger partial charge on any atom is -0.379 e. The lowest BCUT2D eigenvalue weighted by Gasteiger charge is -2.29. The Morgan fingerprint density at radius 3 is 2.46 bits per heavy atom. The monoisotopic (exact) mass is 533 g/mol. The van der Waals surface area contributed by atoms with E-state index in [2.05, 4.69) is 10.2 Å². The van der Waals surface area contributed by atoms with Gasteiger partial charge >= 0.3 is 6.18 Å². The van der Waals surface area contributed by atoms with Gasteiger partial charge in [0.05, 0.1) is 35.7 Å². The molecule has 0 saturated carbocycles. The van der Waals surface area contributed by atoms with E-state index in [9.17, 15) is 26.4 Å². The number of anilines is 1. The average molecular weight is 534 g/mol. The summed E-state index contributed by atoms with van der Waals surface area (Å²) in [5.41, 5.74) is 0.382. The number of benzene rings is 2. The third-order valence-electron chi connectivity index (χ3n) is 5.57. The predicted molar refractivity (Wildman–Crippen MR) is 128 cm³/mol. The lowest BCUT2D eigenvalue weighted by molar-refractivity contribution is -0.137. The maximum atomic E-state index is 13.3. The Hall–Kier alpha value is -2.34. The number of sulfonamides is 1. The first kappa shape index (κ1) is 27.3. The molecule has 7 nitrogen and oxygen atoms in total. The summed E-state index contributed by atoms with van der Waals surface area (Å²) in [6, 6.07) is 9.05. The van der Waals surface area contributed by atoms with Gasteiger partial charge in [0.2, 0.25) is 15.9 Å². The Kier molecular flexibility index (Phi) is 8.68. The van der Waals surface area contributed by atoms with E-state index in [0.717, 1.165) is 49.1 Å². The van der Waals surface area contributed by atoms with E-state index < -0.39 is 38.7 Å². The van der Waals surface area contributed by atoms with Crippen LogP contribution in [0.5, 0.6) is 0 Å². The molecular formula is C23H27ClF3N3O4S. The quantitative estimate of drug-likeness (QED) is 0.560. The van der Waals surface area contributed by atoms with Crippen molar-refractivity contribution in [2.24, 2.45) is 0 Å². The summed E-state index contributed by atoms with van der Waals surface area (Å²) < 4.78 is 70.8. The summed E-state index contributed by atoms with van der Waals surface area (Å²) in [6.07, 6.45) is -3.96. The van der Waals surface area contributed by atoms with Crippen LogP contribution < -0.4 is 9.62 Å². The van der Waals surface area contributed by atoms with Gasteiger partial charge in [-0.3, -0.25) is 14.0 Å². The number of nitrogens with one attached hydrogen (secondary N) is 1.